The van der Waals surface area contributed by atoms with Crippen molar-refractivity contribution in [3.05, 3.63) is 40.8 Å². The second-order valence-electron chi connectivity index (χ2n) is 6.85. The van der Waals surface area contributed by atoms with E-state index in [1.165, 1.54) is 22.7 Å². The standard InChI is InChI=1S/C19H21N3O3S3/c1-13-6-5-7-15-18(13)21-19(27-15)20-16(23)12-14-8-9-17(26-14)28(24,25)22-10-3-2-4-11-22/h5-9H,2-4,10-12H2,1H3,(H,20,21,23). The molecule has 3 heterocycles. The highest BCUT2D eigenvalue weighted by Gasteiger charge is 2.27. The highest BCUT2D eigenvalue weighted by atomic mass is 32.2. The molecule has 9 heteroatoms. The van der Waals surface area contributed by atoms with Gasteiger partial charge >= 0.3 is 0 Å². The average Bonchev–Trinajstić information content (AvgIpc) is 3.30. The molecule has 1 fully saturated rings. The Bertz CT molecular complexity index is 1110. The number of carbonyl (C=O) groups excluding carboxylic acids is 1. The first-order chi connectivity index (χ1) is 13.4. The first kappa shape index (κ1) is 19.5. The molecule has 1 aliphatic rings. The van der Waals surface area contributed by atoms with E-state index in [4.69, 9.17) is 0 Å². The van der Waals surface area contributed by atoms with E-state index in [9.17, 15) is 13.2 Å². The molecule has 1 aliphatic heterocycles. The number of hydrogen-bond donors (Lipinski definition) is 1. The number of fused-ring (bicyclic) bond motifs is 1. The van der Waals surface area contributed by atoms with Gasteiger partial charge < -0.3 is 5.32 Å². The Kier molecular flexibility index (Phi) is 5.50. The summed E-state index contributed by atoms with van der Waals surface area (Å²) in [5.74, 6) is -0.194. The van der Waals surface area contributed by atoms with Crippen molar-refractivity contribution in [2.45, 2.75) is 36.8 Å². The number of thiazole rings is 1. The van der Waals surface area contributed by atoms with Gasteiger partial charge in [0.25, 0.3) is 10.0 Å². The number of sulfonamides is 1. The van der Waals surface area contributed by atoms with Gasteiger partial charge in [-0.25, -0.2) is 13.4 Å². The van der Waals surface area contributed by atoms with Crippen LogP contribution in [0.2, 0.25) is 0 Å². The third-order valence-corrected chi connectivity index (χ3v) is 9.14. The summed E-state index contributed by atoms with van der Waals surface area (Å²) in [6.45, 7) is 3.14. The van der Waals surface area contributed by atoms with Crippen molar-refractivity contribution in [2.24, 2.45) is 0 Å². The zero-order valence-electron chi connectivity index (χ0n) is 15.5. The molecule has 1 N–H and O–H groups in total. The number of nitrogens with one attached hydrogen (secondary N) is 1. The number of thiophene rings is 1. The number of piperidine rings is 1. The van der Waals surface area contributed by atoms with Gasteiger partial charge in [0, 0.05) is 18.0 Å². The Morgan fingerprint density at radius 3 is 2.68 bits per heavy atom. The summed E-state index contributed by atoms with van der Waals surface area (Å²) in [5, 5.41) is 3.40. The maximum atomic E-state index is 12.7. The van der Waals surface area contributed by atoms with Crippen LogP contribution < -0.4 is 5.32 Å². The Morgan fingerprint density at radius 2 is 1.93 bits per heavy atom. The number of amides is 1. The number of benzene rings is 1. The fourth-order valence-electron chi connectivity index (χ4n) is 3.29. The molecule has 0 radical (unpaired) electrons. The van der Waals surface area contributed by atoms with E-state index in [1.807, 2.05) is 25.1 Å². The van der Waals surface area contributed by atoms with Crippen LogP contribution in [0.15, 0.2) is 34.5 Å². The molecule has 0 aliphatic carbocycles. The molecule has 0 saturated carbocycles. The molecule has 0 spiro atoms. The third-order valence-electron chi connectivity index (χ3n) is 4.75. The van der Waals surface area contributed by atoms with Crippen molar-refractivity contribution in [3.63, 3.8) is 0 Å². The summed E-state index contributed by atoms with van der Waals surface area (Å²) < 4.78 is 28.4. The van der Waals surface area contributed by atoms with Gasteiger partial charge in [0.15, 0.2) is 5.13 Å². The lowest BCUT2D eigenvalue weighted by Crippen LogP contribution is -2.35. The first-order valence-corrected chi connectivity index (χ1v) is 12.3. The Balaban J connectivity index is 1.44. The van der Waals surface area contributed by atoms with Crippen molar-refractivity contribution >= 4 is 54.0 Å². The normalized spacial score (nSPS) is 15.8. The number of anilines is 1. The maximum Gasteiger partial charge on any atom is 0.252 e. The van der Waals surface area contributed by atoms with Crippen LogP contribution in [-0.2, 0) is 21.2 Å². The van der Waals surface area contributed by atoms with E-state index in [0.29, 0.717) is 22.4 Å². The van der Waals surface area contributed by atoms with Crippen LogP contribution in [0.5, 0.6) is 0 Å². The summed E-state index contributed by atoms with van der Waals surface area (Å²) in [6, 6.07) is 9.27. The molecule has 1 saturated heterocycles. The SMILES string of the molecule is Cc1cccc2sc(NC(=O)Cc3ccc(S(=O)(=O)N4CCCCC4)s3)nc12. The number of carbonyl (C=O) groups is 1. The van der Waals surface area contributed by atoms with Crippen molar-refractivity contribution in [3.8, 4) is 0 Å². The Hall–Kier alpha value is -1.81. The molecule has 6 nitrogen and oxygen atoms in total. The zero-order valence-corrected chi connectivity index (χ0v) is 17.9. The largest absolute Gasteiger partial charge is 0.302 e. The van der Waals surface area contributed by atoms with Gasteiger partial charge in [-0.15, -0.1) is 11.3 Å². The number of para-hydroxylation sites is 1. The lowest BCUT2D eigenvalue weighted by molar-refractivity contribution is -0.115. The molecular formula is C19H21N3O3S3. The van der Waals surface area contributed by atoms with Gasteiger partial charge in [-0.3, -0.25) is 4.79 Å². The fraction of sp³-hybridized carbons (Fsp3) is 0.368. The third kappa shape index (κ3) is 3.98. The van der Waals surface area contributed by atoms with E-state index in [-0.39, 0.29) is 12.3 Å². The highest BCUT2D eigenvalue weighted by Crippen LogP contribution is 2.29. The van der Waals surface area contributed by atoms with Crippen LogP contribution >= 0.6 is 22.7 Å². The first-order valence-electron chi connectivity index (χ1n) is 9.18. The van der Waals surface area contributed by atoms with Crippen LogP contribution in [0.3, 0.4) is 0 Å². The molecule has 0 bridgehead atoms. The molecule has 0 atom stereocenters. The monoisotopic (exact) mass is 435 g/mol. The van der Waals surface area contributed by atoms with Gasteiger partial charge in [0.1, 0.15) is 4.21 Å². The second kappa shape index (κ2) is 7.90. The number of nitrogens with zero attached hydrogens (tertiary/aromatic N) is 2. The lowest BCUT2D eigenvalue weighted by atomic mass is 10.2. The van der Waals surface area contributed by atoms with Gasteiger partial charge in [0.05, 0.1) is 16.6 Å². The fourth-order valence-corrected chi connectivity index (χ4v) is 7.27. The van der Waals surface area contributed by atoms with E-state index < -0.39 is 10.0 Å². The summed E-state index contributed by atoms with van der Waals surface area (Å²) in [6.07, 6.45) is 3.02. The minimum Gasteiger partial charge on any atom is -0.302 e. The molecule has 148 valence electrons. The summed E-state index contributed by atoms with van der Waals surface area (Å²) in [4.78, 5) is 17.6. The van der Waals surface area contributed by atoms with E-state index in [0.717, 1.165) is 39.9 Å². The van der Waals surface area contributed by atoms with Gasteiger partial charge in [-0.2, -0.15) is 4.31 Å². The minimum atomic E-state index is -3.45. The van der Waals surface area contributed by atoms with E-state index >= 15 is 0 Å². The number of rotatable bonds is 5. The van der Waals surface area contributed by atoms with Crippen LogP contribution in [-0.4, -0.2) is 36.7 Å². The second-order valence-corrected chi connectivity index (χ2v) is 11.2. The number of aryl methyl sites for hydroxylation is 1. The van der Waals surface area contributed by atoms with Crippen LogP contribution in [0.25, 0.3) is 10.2 Å². The zero-order chi connectivity index (χ0) is 19.7. The van der Waals surface area contributed by atoms with Gasteiger partial charge in [-0.05, 0) is 43.5 Å². The average molecular weight is 436 g/mol. The molecule has 28 heavy (non-hydrogen) atoms. The topological polar surface area (TPSA) is 79.4 Å². The van der Waals surface area contributed by atoms with Crippen molar-refractivity contribution in [1.29, 1.82) is 0 Å². The van der Waals surface area contributed by atoms with E-state index in [1.54, 1.807) is 16.4 Å². The van der Waals surface area contributed by atoms with Crippen molar-refractivity contribution in [1.82, 2.24) is 9.29 Å². The van der Waals surface area contributed by atoms with E-state index in [2.05, 4.69) is 10.3 Å². The molecule has 0 unspecified atom stereocenters. The highest BCUT2D eigenvalue weighted by molar-refractivity contribution is 7.91. The van der Waals surface area contributed by atoms with Crippen LogP contribution in [0.4, 0.5) is 5.13 Å². The Labute approximate surface area is 172 Å². The van der Waals surface area contributed by atoms with Crippen LogP contribution in [0.1, 0.15) is 29.7 Å². The smallest absolute Gasteiger partial charge is 0.252 e. The molecule has 4 rings (SSSR count). The van der Waals surface area contributed by atoms with Gasteiger partial charge in [-0.1, -0.05) is 29.9 Å². The molecule has 1 aromatic carbocycles. The molecular weight excluding hydrogens is 414 g/mol. The maximum absolute atomic E-state index is 12.7. The quantitative estimate of drug-likeness (QED) is 0.656. The number of hydrogen-bond acceptors (Lipinski definition) is 6. The summed E-state index contributed by atoms with van der Waals surface area (Å²) >= 11 is 2.61. The lowest BCUT2D eigenvalue weighted by Gasteiger charge is -2.25. The minimum absolute atomic E-state index is 0.134. The predicted molar refractivity (Wildman–Crippen MR) is 114 cm³/mol. The Morgan fingerprint density at radius 1 is 1.14 bits per heavy atom. The molecule has 1 amide bonds. The summed E-state index contributed by atoms with van der Waals surface area (Å²) in [5.41, 5.74) is 1.97. The number of aromatic nitrogens is 1. The summed E-state index contributed by atoms with van der Waals surface area (Å²) in [7, 11) is -3.45. The van der Waals surface area contributed by atoms with Gasteiger partial charge in [0.2, 0.25) is 5.91 Å². The predicted octanol–water partition coefficient (Wildman–Crippen LogP) is 4.02. The molecule has 2 aromatic heterocycles. The van der Waals surface area contributed by atoms with Crippen LogP contribution in [0, 0.1) is 6.92 Å². The van der Waals surface area contributed by atoms with Crippen molar-refractivity contribution < 1.29 is 13.2 Å². The molecule has 3 aromatic rings. The van der Waals surface area contributed by atoms with Crippen molar-refractivity contribution in [2.75, 3.05) is 18.4 Å².